The summed E-state index contributed by atoms with van der Waals surface area (Å²) < 4.78 is 0. The lowest BCUT2D eigenvalue weighted by molar-refractivity contribution is 0.248. The van der Waals surface area contributed by atoms with E-state index < -0.39 is 6.03 Å². The second-order valence-corrected chi connectivity index (χ2v) is 2.63. The molecule has 2 amide bonds. The summed E-state index contributed by atoms with van der Waals surface area (Å²) in [6, 6.07) is 1.46. The molecule has 0 radical (unpaired) electrons. The minimum atomic E-state index is -0.480. The first-order chi connectivity index (χ1) is 4.79. The highest BCUT2D eigenvalue weighted by molar-refractivity contribution is 7.07. The third kappa shape index (κ3) is 2.06. The van der Waals surface area contributed by atoms with E-state index in [0.717, 1.165) is 5.56 Å². The van der Waals surface area contributed by atoms with Crippen LogP contribution in [0.4, 0.5) is 4.79 Å². The number of amides is 2. The van der Waals surface area contributed by atoms with E-state index in [4.69, 9.17) is 5.73 Å². The van der Waals surface area contributed by atoms with Gasteiger partial charge in [-0.2, -0.15) is 11.3 Å². The molecule has 1 aromatic rings. The number of thiophene rings is 1. The second-order valence-electron chi connectivity index (χ2n) is 1.85. The fourth-order valence-corrected chi connectivity index (χ4v) is 1.25. The molecule has 0 aliphatic heterocycles. The number of urea groups is 1. The topological polar surface area (TPSA) is 55.1 Å². The van der Waals surface area contributed by atoms with Crippen LogP contribution in [0.1, 0.15) is 5.56 Å². The summed E-state index contributed by atoms with van der Waals surface area (Å²) in [7, 11) is 0. The van der Waals surface area contributed by atoms with Gasteiger partial charge in [0, 0.05) is 6.54 Å². The van der Waals surface area contributed by atoms with E-state index in [1.807, 2.05) is 16.8 Å². The molecular weight excluding hydrogens is 148 g/mol. The first kappa shape index (κ1) is 7.08. The summed E-state index contributed by atoms with van der Waals surface area (Å²) in [6.45, 7) is 0.527. The van der Waals surface area contributed by atoms with Gasteiger partial charge in [-0.3, -0.25) is 0 Å². The molecule has 0 spiro atoms. The first-order valence-corrected chi connectivity index (χ1v) is 3.77. The van der Waals surface area contributed by atoms with E-state index in [-0.39, 0.29) is 0 Å². The largest absolute Gasteiger partial charge is 0.352 e. The van der Waals surface area contributed by atoms with E-state index in [0.29, 0.717) is 6.54 Å². The molecule has 0 saturated heterocycles. The van der Waals surface area contributed by atoms with Crippen molar-refractivity contribution in [1.82, 2.24) is 5.32 Å². The molecule has 0 aromatic carbocycles. The van der Waals surface area contributed by atoms with E-state index >= 15 is 0 Å². The molecule has 0 aliphatic rings. The molecule has 0 saturated carbocycles. The molecule has 54 valence electrons. The molecule has 1 aromatic heterocycles. The van der Waals surface area contributed by atoms with E-state index in [1.165, 1.54) is 0 Å². The molecule has 0 unspecified atom stereocenters. The number of nitrogens with one attached hydrogen (secondary N) is 1. The third-order valence-corrected chi connectivity index (χ3v) is 1.78. The number of nitrogens with two attached hydrogens (primary N) is 1. The van der Waals surface area contributed by atoms with Crippen LogP contribution in [0, 0.1) is 0 Å². The van der Waals surface area contributed by atoms with Gasteiger partial charge < -0.3 is 11.1 Å². The predicted octanol–water partition coefficient (Wildman–Crippen LogP) is 0.916. The number of carbonyl (C=O) groups is 1. The Kier molecular flexibility index (Phi) is 2.28. The number of primary amides is 1. The van der Waals surface area contributed by atoms with Crippen molar-refractivity contribution in [3.8, 4) is 0 Å². The Hall–Kier alpha value is -1.03. The van der Waals surface area contributed by atoms with Crippen molar-refractivity contribution in [3.63, 3.8) is 0 Å². The molecule has 1 heterocycles. The number of carbonyl (C=O) groups excluding carboxylic acids is 1. The monoisotopic (exact) mass is 156 g/mol. The maximum absolute atomic E-state index is 10.2. The second kappa shape index (κ2) is 3.22. The highest BCUT2D eigenvalue weighted by Crippen LogP contribution is 2.04. The summed E-state index contributed by atoms with van der Waals surface area (Å²) >= 11 is 1.60. The molecule has 0 fully saturated rings. The Morgan fingerprint density at radius 2 is 2.60 bits per heavy atom. The van der Waals surface area contributed by atoms with Crippen LogP contribution in [0.2, 0.25) is 0 Å². The van der Waals surface area contributed by atoms with Gasteiger partial charge in [0.25, 0.3) is 0 Å². The van der Waals surface area contributed by atoms with Crippen molar-refractivity contribution in [3.05, 3.63) is 22.4 Å². The first-order valence-electron chi connectivity index (χ1n) is 2.83. The standard InChI is InChI=1S/C6H8N2OS/c7-6(9)8-3-5-1-2-10-4-5/h1-2,4H,3H2,(H3,7,8,9). The fraction of sp³-hybridized carbons (Fsp3) is 0.167. The van der Waals surface area contributed by atoms with Gasteiger partial charge in [-0.15, -0.1) is 0 Å². The zero-order chi connectivity index (χ0) is 7.40. The van der Waals surface area contributed by atoms with Crippen LogP contribution in [0.25, 0.3) is 0 Å². The average Bonchev–Trinajstić information content (AvgIpc) is 2.34. The van der Waals surface area contributed by atoms with E-state index in [2.05, 4.69) is 5.32 Å². The summed E-state index contributed by atoms with van der Waals surface area (Å²) in [4.78, 5) is 10.2. The fourth-order valence-electron chi connectivity index (χ4n) is 0.582. The Morgan fingerprint density at radius 1 is 1.80 bits per heavy atom. The van der Waals surface area contributed by atoms with Crippen LogP contribution in [-0.2, 0) is 6.54 Å². The van der Waals surface area contributed by atoms with Crippen molar-refractivity contribution in [2.24, 2.45) is 5.73 Å². The van der Waals surface area contributed by atoms with Gasteiger partial charge in [-0.05, 0) is 22.4 Å². The molecule has 0 aliphatic carbocycles. The van der Waals surface area contributed by atoms with Crippen LogP contribution >= 0.6 is 11.3 Å². The lowest BCUT2D eigenvalue weighted by Crippen LogP contribution is -2.28. The highest BCUT2D eigenvalue weighted by atomic mass is 32.1. The lowest BCUT2D eigenvalue weighted by atomic mass is 10.3. The Bertz CT molecular complexity index is 208. The molecule has 10 heavy (non-hydrogen) atoms. The Morgan fingerprint density at radius 3 is 3.10 bits per heavy atom. The summed E-state index contributed by atoms with van der Waals surface area (Å²) in [6.07, 6.45) is 0. The number of hydrogen-bond acceptors (Lipinski definition) is 2. The average molecular weight is 156 g/mol. The maximum atomic E-state index is 10.2. The number of hydrogen-bond donors (Lipinski definition) is 2. The Labute approximate surface area is 62.9 Å². The van der Waals surface area contributed by atoms with Crippen LogP contribution in [-0.4, -0.2) is 6.03 Å². The van der Waals surface area contributed by atoms with Crippen molar-refractivity contribution >= 4 is 17.4 Å². The lowest BCUT2D eigenvalue weighted by Gasteiger charge is -1.96. The molecule has 1 rings (SSSR count). The van der Waals surface area contributed by atoms with Crippen molar-refractivity contribution in [2.75, 3.05) is 0 Å². The molecule has 3 N–H and O–H groups in total. The SMILES string of the molecule is NC(=O)NCc1ccsc1. The zero-order valence-electron chi connectivity index (χ0n) is 5.33. The molecule has 0 atom stereocenters. The Balaban J connectivity index is 2.35. The quantitative estimate of drug-likeness (QED) is 0.657. The van der Waals surface area contributed by atoms with Crippen LogP contribution < -0.4 is 11.1 Å². The minimum Gasteiger partial charge on any atom is -0.352 e. The molecule has 0 bridgehead atoms. The normalized spacial score (nSPS) is 9.20. The zero-order valence-corrected chi connectivity index (χ0v) is 6.15. The van der Waals surface area contributed by atoms with Gasteiger partial charge in [0.15, 0.2) is 0 Å². The smallest absolute Gasteiger partial charge is 0.312 e. The summed E-state index contributed by atoms with van der Waals surface area (Å²) in [5, 5.41) is 6.42. The highest BCUT2D eigenvalue weighted by Gasteiger charge is 1.92. The third-order valence-electron chi connectivity index (χ3n) is 1.05. The van der Waals surface area contributed by atoms with E-state index in [9.17, 15) is 4.79 Å². The van der Waals surface area contributed by atoms with Gasteiger partial charge in [0.2, 0.25) is 0 Å². The minimum absolute atomic E-state index is 0.480. The van der Waals surface area contributed by atoms with E-state index in [1.54, 1.807) is 11.3 Å². The van der Waals surface area contributed by atoms with Crippen LogP contribution in [0.3, 0.4) is 0 Å². The van der Waals surface area contributed by atoms with Crippen molar-refractivity contribution in [2.45, 2.75) is 6.54 Å². The van der Waals surface area contributed by atoms with Crippen molar-refractivity contribution in [1.29, 1.82) is 0 Å². The molecular formula is C6H8N2OS. The number of rotatable bonds is 2. The van der Waals surface area contributed by atoms with Crippen LogP contribution in [0.5, 0.6) is 0 Å². The van der Waals surface area contributed by atoms with Gasteiger partial charge in [-0.1, -0.05) is 0 Å². The molecule has 4 heteroatoms. The summed E-state index contributed by atoms with van der Waals surface area (Å²) in [5.74, 6) is 0. The molecule has 3 nitrogen and oxygen atoms in total. The van der Waals surface area contributed by atoms with Crippen molar-refractivity contribution < 1.29 is 4.79 Å². The maximum Gasteiger partial charge on any atom is 0.312 e. The summed E-state index contributed by atoms with van der Waals surface area (Å²) in [5.41, 5.74) is 5.95. The van der Waals surface area contributed by atoms with Gasteiger partial charge >= 0.3 is 6.03 Å². The van der Waals surface area contributed by atoms with Gasteiger partial charge in [0.05, 0.1) is 0 Å². The van der Waals surface area contributed by atoms with Gasteiger partial charge in [-0.25, -0.2) is 4.79 Å². The predicted molar refractivity (Wildman–Crippen MR) is 40.7 cm³/mol. The van der Waals surface area contributed by atoms with Crippen LogP contribution in [0.15, 0.2) is 16.8 Å². The van der Waals surface area contributed by atoms with Gasteiger partial charge in [0.1, 0.15) is 0 Å².